The quantitative estimate of drug-likeness (QED) is 0.887. The molecule has 1 aromatic rings. The second kappa shape index (κ2) is 5.44. The summed E-state index contributed by atoms with van der Waals surface area (Å²) in [5.74, 6) is 1.24. The zero-order chi connectivity index (χ0) is 15.0. The van der Waals surface area contributed by atoms with Gasteiger partial charge in [-0.3, -0.25) is 10.1 Å². The Bertz CT molecular complexity index is 614. The third-order valence-corrected chi connectivity index (χ3v) is 3.87. The summed E-state index contributed by atoms with van der Waals surface area (Å²) in [5, 5.41) is 6.25. The van der Waals surface area contributed by atoms with E-state index < -0.39 is 6.04 Å². The minimum atomic E-state index is -0.668. The Balaban J connectivity index is 1.92. The number of amides is 1. The summed E-state index contributed by atoms with van der Waals surface area (Å²) >= 11 is 6.33. The fraction of sp³-hybridized carbons (Fsp3) is 0.429. The molecule has 2 aliphatic rings. The predicted molar refractivity (Wildman–Crippen MR) is 79.0 cm³/mol. The highest BCUT2D eigenvalue weighted by molar-refractivity contribution is 6.33. The first kappa shape index (κ1) is 14.0. The highest BCUT2D eigenvalue weighted by Crippen LogP contribution is 2.41. The van der Waals surface area contributed by atoms with Crippen LogP contribution in [0, 0.1) is 0 Å². The van der Waals surface area contributed by atoms with E-state index in [1.807, 2.05) is 0 Å². The zero-order valence-electron chi connectivity index (χ0n) is 11.8. The van der Waals surface area contributed by atoms with Crippen LogP contribution in [0.1, 0.15) is 24.4 Å². The Morgan fingerprint density at radius 1 is 1.33 bits per heavy atom. The predicted octanol–water partition coefficient (Wildman–Crippen LogP) is 1.64. The van der Waals surface area contributed by atoms with Gasteiger partial charge in [-0.2, -0.15) is 0 Å². The van der Waals surface area contributed by atoms with E-state index in [1.165, 1.54) is 14.2 Å². The SMILES string of the molecule is COc1ccc(C2N=C(NC3CC3)NC2=O)c(Cl)c1OC. The number of halogens is 1. The van der Waals surface area contributed by atoms with Crippen molar-refractivity contribution in [2.24, 2.45) is 4.99 Å². The lowest BCUT2D eigenvalue weighted by Crippen LogP contribution is -2.37. The molecule has 1 aliphatic carbocycles. The van der Waals surface area contributed by atoms with Crippen LogP contribution in [0.15, 0.2) is 17.1 Å². The van der Waals surface area contributed by atoms with Gasteiger partial charge in [0.2, 0.25) is 0 Å². The summed E-state index contributed by atoms with van der Waals surface area (Å²) in [4.78, 5) is 16.5. The van der Waals surface area contributed by atoms with Crippen LogP contribution < -0.4 is 20.1 Å². The van der Waals surface area contributed by atoms with Gasteiger partial charge in [0.15, 0.2) is 23.5 Å². The average Bonchev–Trinajstić information content (AvgIpc) is 3.21. The van der Waals surface area contributed by atoms with Crippen LogP contribution in [0.25, 0.3) is 0 Å². The minimum absolute atomic E-state index is 0.202. The van der Waals surface area contributed by atoms with Crippen LogP contribution in [-0.4, -0.2) is 32.1 Å². The van der Waals surface area contributed by atoms with E-state index in [0.29, 0.717) is 34.1 Å². The molecule has 6 nitrogen and oxygen atoms in total. The van der Waals surface area contributed by atoms with Gasteiger partial charge in [0.1, 0.15) is 0 Å². The van der Waals surface area contributed by atoms with Gasteiger partial charge in [-0.05, 0) is 18.9 Å². The molecule has 1 saturated carbocycles. The normalized spacial score (nSPS) is 20.8. The Morgan fingerprint density at radius 3 is 2.71 bits per heavy atom. The molecule has 1 fully saturated rings. The number of guanidine groups is 1. The van der Waals surface area contributed by atoms with Crippen molar-refractivity contribution in [3.63, 3.8) is 0 Å². The molecule has 0 radical (unpaired) electrons. The maximum atomic E-state index is 12.1. The topological polar surface area (TPSA) is 72.0 Å². The third kappa shape index (κ3) is 2.63. The van der Waals surface area contributed by atoms with Gasteiger partial charge < -0.3 is 14.8 Å². The van der Waals surface area contributed by atoms with Gasteiger partial charge >= 0.3 is 0 Å². The number of carbonyl (C=O) groups excluding carboxylic acids is 1. The fourth-order valence-electron chi connectivity index (χ4n) is 2.23. The van der Waals surface area contributed by atoms with Crippen molar-refractivity contribution in [2.45, 2.75) is 24.9 Å². The summed E-state index contributed by atoms with van der Waals surface area (Å²) in [5.41, 5.74) is 0.597. The summed E-state index contributed by atoms with van der Waals surface area (Å²) < 4.78 is 10.4. The van der Waals surface area contributed by atoms with Gasteiger partial charge in [0, 0.05) is 11.6 Å². The molecule has 1 heterocycles. The maximum Gasteiger partial charge on any atom is 0.256 e. The number of hydrogen-bond donors (Lipinski definition) is 2. The molecule has 1 aromatic carbocycles. The van der Waals surface area contributed by atoms with Crippen molar-refractivity contribution >= 4 is 23.5 Å². The number of rotatable bonds is 4. The highest BCUT2D eigenvalue weighted by Gasteiger charge is 2.33. The summed E-state index contributed by atoms with van der Waals surface area (Å²) in [6.45, 7) is 0. The van der Waals surface area contributed by atoms with Crippen molar-refractivity contribution in [3.05, 3.63) is 22.7 Å². The van der Waals surface area contributed by atoms with Gasteiger partial charge in [-0.25, -0.2) is 4.99 Å². The van der Waals surface area contributed by atoms with E-state index in [1.54, 1.807) is 12.1 Å². The molecule has 112 valence electrons. The van der Waals surface area contributed by atoms with Gasteiger partial charge in [-0.15, -0.1) is 0 Å². The molecule has 2 N–H and O–H groups in total. The molecule has 7 heteroatoms. The molecule has 0 aromatic heterocycles. The van der Waals surface area contributed by atoms with E-state index in [9.17, 15) is 4.79 Å². The van der Waals surface area contributed by atoms with E-state index in [2.05, 4.69) is 15.6 Å². The smallest absolute Gasteiger partial charge is 0.256 e. The zero-order valence-corrected chi connectivity index (χ0v) is 12.5. The van der Waals surface area contributed by atoms with Gasteiger partial charge in [0.05, 0.1) is 19.2 Å². The Kier molecular flexibility index (Phi) is 3.63. The van der Waals surface area contributed by atoms with Crippen LogP contribution in [0.2, 0.25) is 5.02 Å². The number of nitrogens with one attached hydrogen (secondary N) is 2. The number of carbonyl (C=O) groups is 1. The fourth-order valence-corrected chi connectivity index (χ4v) is 2.56. The van der Waals surface area contributed by atoms with E-state index >= 15 is 0 Å². The molecule has 1 atom stereocenters. The van der Waals surface area contributed by atoms with Crippen molar-refractivity contribution in [3.8, 4) is 11.5 Å². The van der Waals surface area contributed by atoms with Crippen molar-refractivity contribution in [2.75, 3.05) is 14.2 Å². The molecular formula is C14H16ClN3O3. The van der Waals surface area contributed by atoms with Crippen molar-refractivity contribution in [1.29, 1.82) is 0 Å². The van der Waals surface area contributed by atoms with E-state index in [4.69, 9.17) is 21.1 Å². The first-order valence-electron chi connectivity index (χ1n) is 6.69. The standard InChI is InChI=1S/C14H16ClN3O3/c1-20-9-6-5-8(10(15)12(9)21-2)11-13(19)18-14(17-11)16-7-3-4-7/h5-7,11H,3-4H2,1-2H3,(H2,16,17,18,19). The summed E-state index contributed by atoms with van der Waals surface area (Å²) in [6.07, 6.45) is 2.22. The van der Waals surface area contributed by atoms with Crippen LogP contribution in [0.4, 0.5) is 0 Å². The largest absolute Gasteiger partial charge is 0.493 e. The van der Waals surface area contributed by atoms with Crippen LogP contribution in [-0.2, 0) is 4.79 Å². The molecule has 0 saturated heterocycles. The number of ether oxygens (including phenoxy) is 2. The first-order valence-corrected chi connectivity index (χ1v) is 7.07. The van der Waals surface area contributed by atoms with Gasteiger partial charge in [-0.1, -0.05) is 17.7 Å². The number of aliphatic imine (C=N–C) groups is 1. The lowest BCUT2D eigenvalue weighted by atomic mass is 10.1. The number of methoxy groups -OCH3 is 2. The second-order valence-corrected chi connectivity index (χ2v) is 5.37. The number of benzene rings is 1. The van der Waals surface area contributed by atoms with Crippen molar-refractivity contribution in [1.82, 2.24) is 10.6 Å². The van der Waals surface area contributed by atoms with E-state index in [0.717, 1.165) is 12.8 Å². The van der Waals surface area contributed by atoms with Crippen LogP contribution in [0.3, 0.4) is 0 Å². The number of hydrogen-bond acceptors (Lipinski definition) is 5. The second-order valence-electron chi connectivity index (χ2n) is 4.99. The molecular weight excluding hydrogens is 294 g/mol. The molecule has 0 spiro atoms. The Labute approximate surface area is 127 Å². The average molecular weight is 310 g/mol. The first-order chi connectivity index (χ1) is 10.1. The van der Waals surface area contributed by atoms with Crippen LogP contribution >= 0.6 is 11.6 Å². The molecule has 1 unspecified atom stereocenters. The van der Waals surface area contributed by atoms with Gasteiger partial charge in [0.25, 0.3) is 5.91 Å². The minimum Gasteiger partial charge on any atom is -0.493 e. The Hall–Kier alpha value is -1.95. The molecule has 1 aliphatic heterocycles. The highest BCUT2D eigenvalue weighted by atomic mass is 35.5. The maximum absolute atomic E-state index is 12.1. The summed E-state index contributed by atoms with van der Waals surface area (Å²) in [6, 6.07) is 3.20. The number of nitrogens with zero attached hydrogens (tertiary/aromatic N) is 1. The van der Waals surface area contributed by atoms with Crippen LogP contribution in [0.5, 0.6) is 11.5 Å². The molecule has 21 heavy (non-hydrogen) atoms. The third-order valence-electron chi connectivity index (χ3n) is 3.48. The molecule has 0 bridgehead atoms. The van der Waals surface area contributed by atoms with E-state index in [-0.39, 0.29) is 5.91 Å². The lowest BCUT2D eigenvalue weighted by molar-refractivity contribution is -0.120. The Morgan fingerprint density at radius 2 is 2.10 bits per heavy atom. The molecule has 3 rings (SSSR count). The molecule has 1 amide bonds. The monoisotopic (exact) mass is 309 g/mol. The lowest BCUT2D eigenvalue weighted by Gasteiger charge is -2.14. The van der Waals surface area contributed by atoms with Crippen molar-refractivity contribution < 1.29 is 14.3 Å². The summed E-state index contributed by atoms with van der Waals surface area (Å²) in [7, 11) is 3.04.